The smallest absolute Gasteiger partial charge is 0.324 e. The van der Waals surface area contributed by atoms with Gasteiger partial charge in [-0.15, -0.1) is 0 Å². The second kappa shape index (κ2) is 4.18. The first-order valence-electron chi connectivity index (χ1n) is 5.48. The molecule has 0 aromatic heterocycles. The quantitative estimate of drug-likeness (QED) is 0.628. The van der Waals surface area contributed by atoms with Gasteiger partial charge in [0.1, 0.15) is 0 Å². The third-order valence-electron chi connectivity index (χ3n) is 3.14. The molecule has 2 unspecified atom stereocenters. The first-order chi connectivity index (χ1) is 7.16. The highest BCUT2D eigenvalue weighted by molar-refractivity contribution is 6.01. The van der Waals surface area contributed by atoms with Gasteiger partial charge in [0.25, 0.3) is 0 Å². The van der Waals surface area contributed by atoms with Crippen LogP contribution in [0.4, 0.5) is 4.79 Å². The molecule has 84 valence electrons. The summed E-state index contributed by atoms with van der Waals surface area (Å²) in [4.78, 5) is 24.0. The van der Waals surface area contributed by atoms with Gasteiger partial charge in [-0.3, -0.25) is 9.69 Å². The minimum atomic E-state index is -0.237. The molecule has 2 heterocycles. The number of carbonyl (C=O) groups is 2. The van der Waals surface area contributed by atoms with Crippen molar-refractivity contribution < 1.29 is 9.59 Å². The lowest BCUT2D eigenvalue weighted by atomic mass is 9.95. The summed E-state index contributed by atoms with van der Waals surface area (Å²) in [6.07, 6.45) is 2.21. The second-order valence-electron chi connectivity index (χ2n) is 4.42. The Hall–Kier alpha value is -1.10. The second-order valence-corrected chi connectivity index (χ2v) is 4.42. The van der Waals surface area contributed by atoms with Gasteiger partial charge in [-0.25, -0.2) is 4.79 Å². The van der Waals surface area contributed by atoms with E-state index in [-0.39, 0.29) is 18.5 Å². The molecule has 2 N–H and O–H groups in total. The number of nitrogens with one attached hydrogen (secondary N) is 2. The Morgan fingerprint density at radius 2 is 2.20 bits per heavy atom. The van der Waals surface area contributed by atoms with Gasteiger partial charge in [0, 0.05) is 12.6 Å². The zero-order valence-corrected chi connectivity index (χ0v) is 8.95. The number of hydrogen-bond donors (Lipinski definition) is 2. The van der Waals surface area contributed by atoms with Crippen molar-refractivity contribution in [2.24, 2.45) is 5.92 Å². The van der Waals surface area contributed by atoms with E-state index in [0.29, 0.717) is 18.5 Å². The zero-order chi connectivity index (χ0) is 10.8. The third kappa shape index (κ3) is 2.28. The van der Waals surface area contributed by atoms with Gasteiger partial charge in [0.05, 0.1) is 6.54 Å². The minimum absolute atomic E-state index is 0.0985. The van der Waals surface area contributed by atoms with E-state index < -0.39 is 0 Å². The van der Waals surface area contributed by atoms with E-state index in [1.54, 1.807) is 0 Å². The topological polar surface area (TPSA) is 61.4 Å². The lowest BCUT2D eigenvalue weighted by Gasteiger charge is -2.29. The van der Waals surface area contributed by atoms with Gasteiger partial charge in [0.15, 0.2) is 0 Å². The maximum absolute atomic E-state index is 11.3. The van der Waals surface area contributed by atoms with Crippen LogP contribution in [0.3, 0.4) is 0 Å². The van der Waals surface area contributed by atoms with Crippen LogP contribution >= 0.6 is 0 Å². The van der Waals surface area contributed by atoms with E-state index >= 15 is 0 Å². The molecule has 0 aromatic rings. The monoisotopic (exact) mass is 211 g/mol. The summed E-state index contributed by atoms with van der Waals surface area (Å²) >= 11 is 0. The van der Waals surface area contributed by atoms with Crippen LogP contribution < -0.4 is 10.6 Å². The summed E-state index contributed by atoms with van der Waals surface area (Å²) < 4.78 is 0. The van der Waals surface area contributed by atoms with Crippen LogP contribution in [-0.2, 0) is 4.79 Å². The number of imide groups is 1. The number of rotatable bonds is 2. The molecule has 2 aliphatic heterocycles. The predicted octanol–water partition coefficient (Wildman–Crippen LogP) is -0.0737. The highest BCUT2D eigenvalue weighted by Gasteiger charge is 2.31. The molecule has 0 saturated carbocycles. The molecule has 15 heavy (non-hydrogen) atoms. The maximum atomic E-state index is 11.3. The molecule has 2 aliphatic rings. The lowest BCUT2D eigenvalue weighted by molar-refractivity contribution is -0.125. The highest BCUT2D eigenvalue weighted by Crippen LogP contribution is 2.16. The molecule has 2 rings (SSSR count). The van der Waals surface area contributed by atoms with Gasteiger partial charge in [-0.2, -0.15) is 0 Å². The van der Waals surface area contributed by atoms with E-state index in [4.69, 9.17) is 0 Å². The van der Waals surface area contributed by atoms with Crippen molar-refractivity contribution in [1.29, 1.82) is 0 Å². The van der Waals surface area contributed by atoms with E-state index in [1.165, 1.54) is 4.90 Å². The minimum Gasteiger partial charge on any atom is -0.329 e. The van der Waals surface area contributed by atoms with Crippen molar-refractivity contribution >= 4 is 11.9 Å². The Labute approximate surface area is 89.2 Å². The average Bonchev–Trinajstić information content (AvgIpc) is 2.53. The summed E-state index contributed by atoms with van der Waals surface area (Å²) in [6.45, 7) is 3.78. The number of piperidine rings is 1. The average molecular weight is 211 g/mol. The van der Waals surface area contributed by atoms with Crippen LogP contribution in [0.2, 0.25) is 0 Å². The molecular weight excluding hydrogens is 194 g/mol. The normalized spacial score (nSPS) is 31.9. The van der Waals surface area contributed by atoms with Gasteiger partial charge in [-0.1, -0.05) is 0 Å². The summed E-state index contributed by atoms with van der Waals surface area (Å²) in [5.41, 5.74) is 0. The fraction of sp³-hybridized carbons (Fsp3) is 0.800. The number of nitrogens with zero attached hydrogens (tertiary/aromatic N) is 1. The summed E-state index contributed by atoms with van der Waals surface area (Å²) in [5.74, 6) is 0.313. The van der Waals surface area contributed by atoms with Gasteiger partial charge in [-0.05, 0) is 32.2 Å². The zero-order valence-electron chi connectivity index (χ0n) is 8.95. The Morgan fingerprint density at radius 3 is 2.73 bits per heavy atom. The third-order valence-corrected chi connectivity index (χ3v) is 3.14. The Morgan fingerprint density at radius 1 is 1.40 bits per heavy atom. The molecule has 5 heteroatoms. The Bertz CT molecular complexity index is 256. The maximum Gasteiger partial charge on any atom is 0.324 e. The molecular formula is C10H17N3O2. The standard InChI is InChI=1S/C10H17N3O2/c1-7-2-3-8(4-11-7)6-13-9(14)5-12-10(13)15/h7-8,11H,2-6H2,1H3,(H,12,15). The molecule has 2 saturated heterocycles. The van der Waals surface area contributed by atoms with Crippen LogP contribution in [-0.4, -0.2) is 42.5 Å². The summed E-state index contributed by atoms with van der Waals surface area (Å²) in [6, 6.07) is 0.322. The van der Waals surface area contributed by atoms with Crippen molar-refractivity contribution in [3.63, 3.8) is 0 Å². The first kappa shape index (κ1) is 10.4. The van der Waals surface area contributed by atoms with Crippen molar-refractivity contribution in [3.05, 3.63) is 0 Å². The van der Waals surface area contributed by atoms with E-state index in [1.807, 2.05) is 0 Å². The largest absolute Gasteiger partial charge is 0.329 e. The van der Waals surface area contributed by atoms with Crippen LogP contribution in [0.5, 0.6) is 0 Å². The molecule has 2 fully saturated rings. The first-order valence-corrected chi connectivity index (χ1v) is 5.48. The fourth-order valence-electron chi connectivity index (χ4n) is 2.11. The Kier molecular flexibility index (Phi) is 2.90. The number of amides is 3. The molecule has 3 amide bonds. The number of carbonyl (C=O) groups excluding carboxylic acids is 2. The summed E-state index contributed by atoms with van der Waals surface area (Å²) in [5, 5.41) is 5.90. The molecule has 0 bridgehead atoms. The van der Waals surface area contributed by atoms with Gasteiger partial charge >= 0.3 is 6.03 Å². The lowest BCUT2D eigenvalue weighted by Crippen LogP contribution is -2.43. The Balaban J connectivity index is 1.86. The summed E-state index contributed by atoms with van der Waals surface area (Å²) in [7, 11) is 0. The van der Waals surface area contributed by atoms with Gasteiger partial charge in [0.2, 0.25) is 5.91 Å². The van der Waals surface area contributed by atoms with Crippen LogP contribution in [0.25, 0.3) is 0 Å². The molecule has 0 aromatic carbocycles. The van der Waals surface area contributed by atoms with Crippen LogP contribution in [0.1, 0.15) is 19.8 Å². The highest BCUT2D eigenvalue weighted by atomic mass is 16.2. The number of hydrogen-bond acceptors (Lipinski definition) is 3. The fourth-order valence-corrected chi connectivity index (χ4v) is 2.11. The molecule has 2 atom stereocenters. The number of urea groups is 1. The van der Waals surface area contributed by atoms with Crippen molar-refractivity contribution in [3.8, 4) is 0 Å². The van der Waals surface area contributed by atoms with Crippen LogP contribution in [0.15, 0.2) is 0 Å². The van der Waals surface area contributed by atoms with Crippen molar-refractivity contribution in [1.82, 2.24) is 15.5 Å². The molecule has 0 radical (unpaired) electrons. The molecule has 5 nitrogen and oxygen atoms in total. The molecule has 0 aliphatic carbocycles. The van der Waals surface area contributed by atoms with Gasteiger partial charge < -0.3 is 10.6 Å². The van der Waals surface area contributed by atoms with Crippen LogP contribution in [0, 0.1) is 5.92 Å². The van der Waals surface area contributed by atoms with E-state index in [9.17, 15) is 9.59 Å². The van der Waals surface area contributed by atoms with E-state index in [0.717, 1.165) is 19.4 Å². The SMILES string of the molecule is CC1CCC(CN2C(=O)CNC2=O)CN1. The van der Waals surface area contributed by atoms with Crippen molar-refractivity contribution in [2.45, 2.75) is 25.8 Å². The predicted molar refractivity (Wildman–Crippen MR) is 55.3 cm³/mol. The van der Waals surface area contributed by atoms with E-state index in [2.05, 4.69) is 17.6 Å². The van der Waals surface area contributed by atoms with Crippen molar-refractivity contribution in [2.75, 3.05) is 19.6 Å². The molecule has 0 spiro atoms.